The molecule has 1 fully saturated rings. The maximum Gasteiger partial charge on any atom is 0.306 e. The van der Waals surface area contributed by atoms with Gasteiger partial charge in [-0.15, -0.1) is 0 Å². The Kier molecular flexibility index (Phi) is 5.55. The second kappa shape index (κ2) is 6.49. The zero-order valence-corrected chi connectivity index (χ0v) is 11.6. The molecule has 1 saturated heterocycles. The van der Waals surface area contributed by atoms with E-state index in [9.17, 15) is 13.2 Å². The molecule has 0 spiro atoms. The molecule has 1 aliphatic rings. The molecule has 0 bridgehead atoms. The first kappa shape index (κ1) is 15.4. The Morgan fingerprint density at radius 2 is 2.17 bits per heavy atom. The van der Waals surface area contributed by atoms with Crippen molar-refractivity contribution in [1.82, 2.24) is 4.31 Å². The van der Waals surface area contributed by atoms with E-state index in [1.54, 1.807) is 6.92 Å². The van der Waals surface area contributed by atoms with Gasteiger partial charge in [0.25, 0.3) is 0 Å². The molecule has 18 heavy (non-hydrogen) atoms. The first-order chi connectivity index (χ1) is 8.38. The molecule has 1 rings (SSSR count). The molecule has 0 aromatic rings. The number of hydrogen-bond acceptors (Lipinski definition) is 4. The van der Waals surface area contributed by atoms with Crippen LogP contribution in [0.2, 0.25) is 0 Å². The molecule has 106 valence electrons. The average Bonchev–Trinajstić information content (AvgIpc) is 2.28. The van der Waals surface area contributed by atoms with Crippen molar-refractivity contribution >= 4 is 16.0 Å². The Labute approximate surface area is 108 Å². The maximum atomic E-state index is 12.0. The molecule has 0 saturated carbocycles. The Balaban J connectivity index is 2.59. The predicted octanol–water partition coefficient (Wildman–Crippen LogP) is 0.538. The third-order valence-corrected chi connectivity index (χ3v) is 5.15. The SMILES string of the molecule is CCOCCS(=O)(=O)N1CCC(C(=O)O)CC1C. The van der Waals surface area contributed by atoms with Crippen LogP contribution in [0.15, 0.2) is 0 Å². The summed E-state index contributed by atoms with van der Waals surface area (Å²) in [6, 6.07) is -0.258. The number of rotatable bonds is 6. The van der Waals surface area contributed by atoms with Gasteiger partial charge >= 0.3 is 5.97 Å². The molecule has 0 radical (unpaired) electrons. The standard InChI is InChI=1S/C11H21NO5S/c1-3-17-6-7-18(15,16)12-5-4-10(11(13)14)8-9(12)2/h9-10H,3-8H2,1-2H3,(H,13,14). The van der Waals surface area contributed by atoms with E-state index >= 15 is 0 Å². The number of carbonyl (C=O) groups is 1. The zero-order chi connectivity index (χ0) is 13.8. The number of aliphatic carboxylic acids is 1. The van der Waals surface area contributed by atoms with Gasteiger partial charge in [0.2, 0.25) is 10.0 Å². The van der Waals surface area contributed by atoms with Gasteiger partial charge in [0.15, 0.2) is 0 Å². The minimum atomic E-state index is -3.34. The van der Waals surface area contributed by atoms with E-state index in [1.165, 1.54) is 4.31 Å². The number of hydrogen-bond donors (Lipinski definition) is 1. The van der Waals surface area contributed by atoms with Gasteiger partial charge < -0.3 is 9.84 Å². The van der Waals surface area contributed by atoms with Crippen molar-refractivity contribution in [2.45, 2.75) is 32.7 Å². The van der Waals surface area contributed by atoms with Gasteiger partial charge in [0.05, 0.1) is 18.3 Å². The Morgan fingerprint density at radius 3 is 2.67 bits per heavy atom. The molecule has 0 amide bonds. The van der Waals surface area contributed by atoms with Gasteiger partial charge in [-0.25, -0.2) is 8.42 Å². The van der Waals surface area contributed by atoms with Gasteiger partial charge in [0.1, 0.15) is 0 Å². The summed E-state index contributed by atoms with van der Waals surface area (Å²) in [5, 5.41) is 8.93. The molecule has 6 nitrogen and oxygen atoms in total. The fourth-order valence-corrected chi connectivity index (χ4v) is 3.79. The van der Waals surface area contributed by atoms with Crippen LogP contribution in [0.25, 0.3) is 0 Å². The minimum absolute atomic E-state index is 0.0388. The highest BCUT2D eigenvalue weighted by Gasteiger charge is 2.35. The largest absolute Gasteiger partial charge is 0.481 e. The van der Waals surface area contributed by atoms with Gasteiger partial charge in [-0.3, -0.25) is 4.79 Å². The average molecular weight is 279 g/mol. The highest BCUT2D eigenvalue weighted by Crippen LogP contribution is 2.25. The molecule has 1 N–H and O–H groups in total. The first-order valence-corrected chi connectivity index (χ1v) is 7.79. The monoisotopic (exact) mass is 279 g/mol. The lowest BCUT2D eigenvalue weighted by Gasteiger charge is -2.35. The molecular formula is C11H21NO5S. The third-order valence-electron chi connectivity index (χ3n) is 3.21. The molecular weight excluding hydrogens is 258 g/mol. The number of ether oxygens (including phenoxy) is 1. The Morgan fingerprint density at radius 1 is 1.50 bits per heavy atom. The van der Waals surface area contributed by atoms with Crippen LogP contribution in [-0.2, 0) is 19.6 Å². The van der Waals surface area contributed by atoms with Crippen molar-refractivity contribution in [3.63, 3.8) is 0 Å². The molecule has 2 atom stereocenters. The van der Waals surface area contributed by atoms with Crippen molar-refractivity contribution in [3.05, 3.63) is 0 Å². The van der Waals surface area contributed by atoms with Crippen LogP contribution in [0.3, 0.4) is 0 Å². The van der Waals surface area contributed by atoms with Crippen molar-refractivity contribution in [2.24, 2.45) is 5.92 Å². The van der Waals surface area contributed by atoms with Crippen molar-refractivity contribution in [3.8, 4) is 0 Å². The van der Waals surface area contributed by atoms with E-state index in [2.05, 4.69) is 0 Å². The molecule has 1 aliphatic heterocycles. The number of carboxylic acid groups (broad SMARTS) is 1. The van der Waals surface area contributed by atoms with Gasteiger partial charge in [0, 0.05) is 19.2 Å². The smallest absolute Gasteiger partial charge is 0.306 e. The lowest BCUT2D eigenvalue weighted by molar-refractivity contribution is -0.143. The van der Waals surface area contributed by atoms with Crippen molar-refractivity contribution in [1.29, 1.82) is 0 Å². The second-order valence-corrected chi connectivity index (χ2v) is 6.57. The van der Waals surface area contributed by atoms with E-state index < -0.39 is 21.9 Å². The van der Waals surface area contributed by atoms with Crippen LogP contribution >= 0.6 is 0 Å². The summed E-state index contributed by atoms with van der Waals surface area (Å²) in [6.45, 7) is 4.53. The molecule has 1 heterocycles. The van der Waals surface area contributed by atoms with Gasteiger partial charge in [-0.2, -0.15) is 4.31 Å². The number of nitrogens with zero attached hydrogens (tertiary/aromatic N) is 1. The van der Waals surface area contributed by atoms with E-state index in [0.717, 1.165) is 0 Å². The highest BCUT2D eigenvalue weighted by atomic mass is 32.2. The lowest BCUT2D eigenvalue weighted by atomic mass is 9.93. The summed E-state index contributed by atoms with van der Waals surface area (Å²) in [7, 11) is -3.34. The van der Waals surface area contributed by atoms with Crippen LogP contribution in [0, 0.1) is 5.92 Å². The molecule has 0 aliphatic carbocycles. The summed E-state index contributed by atoms with van der Waals surface area (Å²) in [6.07, 6.45) is 0.761. The molecule has 2 unspecified atom stereocenters. The van der Waals surface area contributed by atoms with Gasteiger partial charge in [-0.1, -0.05) is 0 Å². The van der Waals surface area contributed by atoms with Crippen LogP contribution in [0.1, 0.15) is 26.7 Å². The number of piperidine rings is 1. The Hall–Kier alpha value is -0.660. The Bertz CT molecular complexity index is 381. The number of carboxylic acids is 1. The summed E-state index contributed by atoms with van der Waals surface area (Å²) in [5.41, 5.74) is 0. The first-order valence-electron chi connectivity index (χ1n) is 6.18. The van der Waals surface area contributed by atoms with Gasteiger partial charge in [-0.05, 0) is 26.7 Å². The molecule has 7 heteroatoms. The quantitative estimate of drug-likeness (QED) is 0.717. The highest BCUT2D eigenvalue weighted by molar-refractivity contribution is 7.89. The lowest BCUT2D eigenvalue weighted by Crippen LogP contribution is -2.47. The van der Waals surface area contributed by atoms with Crippen LogP contribution in [0.4, 0.5) is 0 Å². The second-order valence-electron chi connectivity index (χ2n) is 4.53. The predicted molar refractivity (Wildman–Crippen MR) is 66.8 cm³/mol. The van der Waals surface area contributed by atoms with Crippen molar-refractivity contribution in [2.75, 3.05) is 25.5 Å². The van der Waals surface area contributed by atoms with Crippen LogP contribution in [0.5, 0.6) is 0 Å². The summed E-state index contributed by atoms with van der Waals surface area (Å²) in [4.78, 5) is 10.9. The summed E-state index contributed by atoms with van der Waals surface area (Å²) >= 11 is 0. The number of sulfonamides is 1. The zero-order valence-electron chi connectivity index (χ0n) is 10.8. The van der Waals surface area contributed by atoms with Crippen molar-refractivity contribution < 1.29 is 23.1 Å². The topological polar surface area (TPSA) is 83.9 Å². The fourth-order valence-electron chi connectivity index (χ4n) is 2.21. The van der Waals surface area contributed by atoms with E-state index in [4.69, 9.17) is 9.84 Å². The molecule has 0 aromatic heterocycles. The normalized spacial score (nSPS) is 26.1. The minimum Gasteiger partial charge on any atom is -0.481 e. The van der Waals surface area contributed by atoms with E-state index in [-0.39, 0.29) is 24.9 Å². The van der Waals surface area contributed by atoms with Crippen LogP contribution < -0.4 is 0 Å². The molecule has 0 aromatic carbocycles. The maximum absolute atomic E-state index is 12.0. The van der Waals surface area contributed by atoms with Crippen LogP contribution in [-0.4, -0.2) is 55.4 Å². The summed E-state index contributed by atoms with van der Waals surface area (Å²) in [5.74, 6) is -1.31. The summed E-state index contributed by atoms with van der Waals surface area (Å²) < 4.78 is 30.6. The van der Waals surface area contributed by atoms with E-state index in [1.807, 2.05) is 6.92 Å². The van der Waals surface area contributed by atoms with E-state index in [0.29, 0.717) is 19.4 Å². The fraction of sp³-hybridized carbons (Fsp3) is 0.909. The third kappa shape index (κ3) is 3.93.